The van der Waals surface area contributed by atoms with Crippen molar-refractivity contribution >= 4 is 34.1 Å². The Labute approximate surface area is 156 Å². The van der Waals surface area contributed by atoms with Crippen LogP contribution in [0, 0.1) is 0 Å². The Balaban J connectivity index is 1.96. The van der Waals surface area contributed by atoms with Gasteiger partial charge in [-0.1, -0.05) is 24.3 Å². The van der Waals surface area contributed by atoms with Crippen molar-refractivity contribution in [1.29, 1.82) is 0 Å². The molecule has 0 saturated carbocycles. The van der Waals surface area contributed by atoms with Gasteiger partial charge in [-0.2, -0.15) is 4.98 Å². The van der Waals surface area contributed by atoms with E-state index in [4.69, 9.17) is 20.9 Å². The van der Waals surface area contributed by atoms with Crippen molar-refractivity contribution in [3.8, 4) is 11.6 Å². The third-order valence-electron chi connectivity index (χ3n) is 3.60. The predicted octanol–water partition coefficient (Wildman–Crippen LogP) is 3.93. The molecule has 0 unspecified atom stereocenters. The highest BCUT2D eigenvalue weighted by Crippen LogP contribution is 2.36. The lowest BCUT2D eigenvalue weighted by molar-refractivity contribution is 0.0636. The van der Waals surface area contributed by atoms with Crippen LogP contribution in [0.1, 0.15) is 20.8 Å². The van der Waals surface area contributed by atoms with E-state index < -0.39 is 11.7 Å². The zero-order valence-electron chi connectivity index (χ0n) is 15.3. The number of ether oxygens (including phenoxy) is 2. The number of fused-ring (bicyclic) bond motifs is 1. The summed E-state index contributed by atoms with van der Waals surface area (Å²) in [5.74, 6) is 0.832. The van der Waals surface area contributed by atoms with E-state index in [2.05, 4.69) is 15.3 Å². The maximum absolute atomic E-state index is 12.1. The highest BCUT2D eigenvalue weighted by molar-refractivity contribution is 6.02. The van der Waals surface area contributed by atoms with Gasteiger partial charge < -0.3 is 20.9 Å². The molecule has 5 N–H and O–H groups in total. The quantitative estimate of drug-likeness (QED) is 0.640. The minimum atomic E-state index is -0.590. The first-order valence-electron chi connectivity index (χ1n) is 8.30. The van der Waals surface area contributed by atoms with Gasteiger partial charge in [0, 0.05) is 10.8 Å². The minimum absolute atomic E-state index is 0.146. The van der Waals surface area contributed by atoms with E-state index in [0.717, 1.165) is 10.8 Å². The highest BCUT2D eigenvalue weighted by atomic mass is 16.6. The summed E-state index contributed by atoms with van der Waals surface area (Å²) >= 11 is 0. The number of aromatic nitrogens is 2. The Hall–Kier alpha value is -3.55. The second kappa shape index (κ2) is 6.99. The number of nitrogens with one attached hydrogen (secondary N) is 1. The van der Waals surface area contributed by atoms with Gasteiger partial charge in [-0.15, -0.1) is 0 Å². The van der Waals surface area contributed by atoms with Gasteiger partial charge in [0.15, 0.2) is 5.82 Å². The number of amides is 1. The summed E-state index contributed by atoms with van der Waals surface area (Å²) in [6.45, 7) is 5.42. The normalized spacial score (nSPS) is 11.2. The molecule has 0 radical (unpaired) electrons. The molecule has 1 amide bonds. The Morgan fingerprint density at radius 3 is 2.44 bits per heavy atom. The largest absolute Gasteiger partial charge is 0.444 e. The zero-order chi connectivity index (χ0) is 19.6. The van der Waals surface area contributed by atoms with E-state index in [0.29, 0.717) is 11.4 Å². The van der Waals surface area contributed by atoms with Crippen LogP contribution in [-0.4, -0.2) is 21.7 Å². The fraction of sp³-hybridized carbons (Fsp3) is 0.211. The molecule has 0 saturated heterocycles. The van der Waals surface area contributed by atoms with Crippen LogP contribution in [0.25, 0.3) is 10.8 Å². The minimum Gasteiger partial charge on any atom is -0.444 e. The van der Waals surface area contributed by atoms with E-state index in [1.165, 1.54) is 6.33 Å². The van der Waals surface area contributed by atoms with Gasteiger partial charge in [0.1, 0.15) is 23.4 Å². The molecule has 2 aromatic carbocycles. The molecule has 8 nitrogen and oxygen atoms in total. The topological polar surface area (TPSA) is 125 Å². The predicted molar refractivity (Wildman–Crippen MR) is 105 cm³/mol. The first-order valence-corrected chi connectivity index (χ1v) is 8.30. The fourth-order valence-electron chi connectivity index (χ4n) is 2.46. The summed E-state index contributed by atoms with van der Waals surface area (Å²) < 4.78 is 11.2. The van der Waals surface area contributed by atoms with Crippen LogP contribution in [-0.2, 0) is 4.74 Å². The van der Waals surface area contributed by atoms with Crippen molar-refractivity contribution in [1.82, 2.24) is 9.97 Å². The molecule has 3 aromatic rings. The monoisotopic (exact) mass is 367 g/mol. The van der Waals surface area contributed by atoms with Crippen LogP contribution < -0.4 is 21.5 Å². The molecule has 0 bridgehead atoms. The molecule has 27 heavy (non-hydrogen) atoms. The van der Waals surface area contributed by atoms with Crippen LogP contribution in [0.4, 0.5) is 22.0 Å². The first-order chi connectivity index (χ1) is 12.7. The third-order valence-corrected chi connectivity index (χ3v) is 3.60. The Bertz CT molecular complexity index is 998. The molecule has 0 aliphatic heterocycles. The maximum atomic E-state index is 12.1. The van der Waals surface area contributed by atoms with Crippen molar-refractivity contribution in [2.45, 2.75) is 26.4 Å². The van der Waals surface area contributed by atoms with E-state index in [1.807, 2.05) is 24.3 Å². The standard InChI is InChI=1S/C19H21N5O3/c1-19(2,3)27-18(25)24-13-8-9-14(12-7-5-4-6-11(12)13)26-17-15(20)16(21)22-10-23-17/h4-10H,20H2,1-3H3,(H,24,25)(H2,21,22,23). The number of carbonyl (C=O) groups is 1. The summed E-state index contributed by atoms with van der Waals surface area (Å²) in [5.41, 5.74) is 11.8. The molecular formula is C19H21N5O3. The van der Waals surface area contributed by atoms with E-state index in [-0.39, 0.29) is 17.4 Å². The van der Waals surface area contributed by atoms with E-state index in [1.54, 1.807) is 32.9 Å². The lowest BCUT2D eigenvalue weighted by Crippen LogP contribution is -2.27. The smallest absolute Gasteiger partial charge is 0.412 e. The lowest BCUT2D eigenvalue weighted by atomic mass is 10.1. The average Bonchev–Trinajstić information content (AvgIpc) is 2.59. The molecule has 0 fully saturated rings. The number of anilines is 3. The van der Waals surface area contributed by atoms with E-state index in [9.17, 15) is 4.79 Å². The third kappa shape index (κ3) is 4.17. The van der Waals surface area contributed by atoms with Crippen LogP contribution in [0.5, 0.6) is 11.6 Å². The Kier molecular flexibility index (Phi) is 4.72. The average molecular weight is 367 g/mol. The summed E-state index contributed by atoms with van der Waals surface area (Å²) in [6, 6.07) is 10.9. The van der Waals surface area contributed by atoms with Gasteiger partial charge >= 0.3 is 6.09 Å². The first kappa shape index (κ1) is 18.2. The van der Waals surface area contributed by atoms with Crippen molar-refractivity contribution in [2.24, 2.45) is 0 Å². The number of rotatable bonds is 3. The van der Waals surface area contributed by atoms with Crippen molar-refractivity contribution in [3.05, 3.63) is 42.7 Å². The van der Waals surface area contributed by atoms with Crippen LogP contribution in [0.2, 0.25) is 0 Å². The van der Waals surface area contributed by atoms with Gasteiger partial charge in [-0.3, -0.25) is 5.32 Å². The molecule has 0 aliphatic carbocycles. The molecule has 140 valence electrons. The maximum Gasteiger partial charge on any atom is 0.412 e. The highest BCUT2D eigenvalue weighted by Gasteiger charge is 2.18. The number of carbonyl (C=O) groups excluding carboxylic acids is 1. The van der Waals surface area contributed by atoms with E-state index >= 15 is 0 Å². The second-order valence-corrected chi connectivity index (χ2v) is 6.86. The van der Waals surface area contributed by atoms with Crippen molar-refractivity contribution in [2.75, 3.05) is 16.8 Å². The molecule has 1 aromatic heterocycles. The second-order valence-electron chi connectivity index (χ2n) is 6.86. The van der Waals surface area contributed by atoms with Crippen LogP contribution in [0.3, 0.4) is 0 Å². The summed E-state index contributed by atoms with van der Waals surface area (Å²) in [5, 5.41) is 4.31. The van der Waals surface area contributed by atoms with Gasteiger partial charge in [-0.25, -0.2) is 9.78 Å². The number of hydrogen-bond acceptors (Lipinski definition) is 7. The number of nitrogens with two attached hydrogens (primary N) is 2. The molecule has 8 heteroatoms. The molecule has 0 spiro atoms. The van der Waals surface area contributed by atoms with Crippen molar-refractivity contribution < 1.29 is 14.3 Å². The lowest BCUT2D eigenvalue weighted by Gasteiger charge is -2.20. The van der Waals surface area contributed by atoms with Crippen LogP contribution in [0.15, 0.2) is 42.7 Å². The summed E-state index contributed by atoms with van der Waals surface area (Å²) in [7, 11) is 0. The van der Waals surface area contributed by atoms with Crippen LogP contribution >= 0.6 is 0 Å². The molecule has 3 rings (SSSR count). The van der Waals surface area contributed by atoms with Gasteiger partial charge in [0.05, 0.1) is 5.69 Å². The molecular weight excluding hydrogens is 346 g/mol. The number of hydrogen-bond donors (Lipinski definition) is 3. The molecule has 0 aliphatic rings. The summed E-state index contributed by atoms with van der Waals surface area (Å²) in [6.07, 6.45) is 0.746. The molecule has 0 atom stereocenters. The van der Waals surface area contributed by atoms with Gasteiger partial charge in [0.2, 0.25) is 5.88 Å². The Morgan fingerprint density at radius 2 is 1.74 bits per heavy atom. The number of benzene rings is 2. The fourth-order valence-corrected chi connectivity index (χ4v) is 2.46. The number of nitrogen functional groups attached to an aromatic ring is 2. The van der Waals surface area contributed by atoms with Crippen molar-refractivity contribution in [3.63, 3.8) is 0 Å². The molecule has 1 heterocycles. The number of nitrogens with zero attached hydrogens (tertiary/aromatic N) is 2. The van der Waals surface area contributed by atoms with Gasteiger partial charge in [-0.05, 0) is 32.9 Å². The zero-order valence-corrected chi connectivity index (χ0v) is 15.3. The Morgan fingerprint density at radius 1 is 1.04 bits per heavy atom. The van der Waals surface area contributed by atoms with Gasteiger partial charge in [0.25, 0.3) is 0 Å². The SMILES string of the molecule is CC(C)(C)OC(=O)Nc1ccc(Oc2ncnc(N)c2N)c2ccccc12. The summed E-state index contributed by atoms with van der Waals surface area (Å²) in [4.78, 5) is 20.0.